The molecule has 0 aromatic heterocycles. The van der Waals surface area contributed by atoms with Gasteiger partial charge in [-0.15, -0.1) is 11.8 Å². The number of carbonyl (C=O) groups excluding carboxylic acids is 1. The SMILES string of the molecule is COCCOCCNC(=O)c1ccccc1SC(C)C(=O)O. The summed E-state index contributed by atoms with van der Waals surface area (Å²) in [5, 5.41) is 11.1. The molecular formula is C15H21NO5S. The Balaban J connectivity index is 2.52. The Hall–Kier alpha value is -1.57. The maximum absolute atomic E-state index is 12.2. The van der Waals surface area contributed by atoms with Crippen LogP contribution in [0.4, 0.5) is 0 Å². The molecule has 0 bridgehead atoms. The molecule has 1 atom stereocenters. The van der Waals surface area contributed by atoms with Crippen LogP contribution in [0.5, 0.6) is 0 Å². The monoisotopic (exact) mass is 327 g/mol. The molecule has 7 heteroatoms. The van der Waals surface area contributed by atoms with Gasteiger partial charge >= 0.3 is 5.97 Å². The van der Waals surface area contributed by atoms with Crippen molar-refractivity contribution in [3.63, 3.8) is 0 Å². The Kier molecular flexibility index (Phi) is 8.57. The molecule has 0 aliphatic rings. The van der Waals surface area contributed by atoms with E-state index >= 15 is 0 Å². The molecule has 2 N–H and O–H groups in total. The smallest absolute Gasteiger partial charge is 0.316 e. The summed E-state index contributed by atoms with van der Waals surface area (Å²) in [6.45, 7) is 3.37. The number of ether oxygens (including phenoxy) is 2. The van der Waals surface area contributed by atoms with Gasteiger partial charge in [0.1, 0.15) is 5.25 Å². The minimum absolute atomic E-state index is 0.240. The number of aliphatic carboxylic acids is 1. The normalized spacial score (nSPS) is 11.9. The molecular weight excluding hydrogens is 306 g/mol. The number of hydrogen-bond acceptors (Lipinski definition) is 5. The number of rotatable bonds is 10. The van der Waals surface area contributed by atoms with Crippen LogP contribution >= 0.6 is 11.8 Å². The number of carboxylic acid groups (broad SMARTS) is 1. The molecule has 22 heavy (non-hydrogen) atoms. The van der Waals surface area contributed by atoms with E-state index in [-0.39, 0.29) is 5.91 Å². The van der Waals surface area contributed by atoms with Gasteiger partial charge in [0, 0.05) is 18.6 Å². The molecule has 0 heterocycles. The van der Waals surface area contributed by atoms with Gasteiger partial charge in [0.05, 0.1) is 25.4 Å². The molecule has 0 radical (unpaired) electrons. The number of benzene rings is 1. The highest BCUT2D eigenvalue weighted by atomic mass is 32.2. The first-order valence-electron chi connectivity index (χ1n) is 6.89. The Morgan fingerprint density at radius 2 is 2.00 bits per heavy atom. The molecule has 1 rings (SSSR count). The number of thioether (sulfide) groups is 1. The van der Waals surface area contributed by atoms with Gasteiger partial charge in [0.2, 0.25) is 0 Å². The standard InChI is InChI=1S/C15H21NO5S/c1-11(15(18)19)22-13-6-4-3-5-12(13)14(17)16-7-8-21-10-9-20-2/h3-6,11H,7-10H2,1-2H3,(H,16,17)(H,18,19). The minimum Gasteiger partial charge on any atom is -0.480 e. The van der Waals surface area contributed by atoms with Crippen molar-refractivity contribution in [2.45, 2.75) is 17.1 Å². The van der Waals surface area contributed by atoms with Crippen LogP contribution in [0.15, 0.2) is 29.2 Å². The highest BCUT2D eigenvalue weighted by Crippen LogP contribution is 2.26. The number of hydrogen-bond donors (Lipinski definition) is 2. The molecule has 122 valence electrons. The fourth-order valence-corrected chi connectivity index (χ4v) is 2.50. The summed E-state index contributed by atoms with van der Waals surface area (Å²) in [5.74, 6) is -1.15. The molecule has 0 fully saturated rings. The molecule has 0 aliphatic heterocycles. The molecule has 1 aromatic carbocycles. The van der Waals surface area contributed by atoms with E-state index in [2.05, 4.69) is 5.32 Å². The fraction of sp³-hybridized carbons (Fsp3) is 0.467. The average molecular weight is 327 g/mol. The van der Waals surface area contributed by atoms with Gasteiger partial charge in [-0.3, -0.25) is 9.59 Å². The quantitative estimate of drug-likeness (QED) is 0.502. The first-order valence-corrected chi connectivity index (χ1v) is 7.77. The number of carbonyl (C=O) groups is 2. The largest absolute Gasteiger partial charge is 0.480 e. The Morgan fingerprint density at radius 3 is 2.68 bits per heavy atom. The number of carboxylic acids is 1. The highest BCUT2D eigenvalue weighted by Gasteiger charge is 2.17. The second kappa shape index (κ2) is 10.2. The van der Waals surface area contributed by atoms with E-state index in [0.29, 0.717) is 36.8 Å². The van der Waals surface area contributed by atoms with Crippen molar-refractivity contribution in [1.82, 2.24) is 5.32 Å². The van der Waals surface area contributed by atoms with Crippen LogP contribution in [-0.2, 0) is 14.3 Å². The zero-order valence-corrected chi connectivity index (χ0v) is 13.5. The van der Waals surface area contributed by atoms with E-state index in [1.807, 2.05) is 0 Å². The molecule has 1 unspecified atom stereocenters. The van der Waals surface area contributed by atoms with Gasteiger partial charge in [0.25, 0.3) is 5.91 Å². The molecule has 6 nitrogen and oxygen atoms in total. The lowest BCUT2D eigenvalue weighted by Gasteiger charge is -2.12. The Morgan fingerprint density at radius 1 is 1.27 bits per heavy atom. The Bertz CT molecular complexity index is 495. The third-order valence-corrected chi connectivity index (χ3v) is 3.91. The van der Waals surface area contributed by atoms with Crippen LogP contribution in [0.1, 0.15) is 17.3 Å². The van der Waals surface area contributed by atoms with Gasteiger partial charge in [-0.05, 0) is 19.1 Å². The minimum atomic E-state index is -0.910. The number of methoxy groups -OCH3 is 1. The number of nitrogens with one attached hydrogen (secondary N) is 1. The van der Waals surface area contributed by atoms with Crippen molar-refractivity contribution < 1.29 is 24.2 Å². The van der Waals surface area contributed by atoms with Gasteiger partial charge in [0.15, 0.2) is 0 Å². The second-order valence-corrected chi connectivity index (χ2v) is 5.84. The van der Waals surface area contributed by atoms with Crippen LogP contribution in [0, 0.1) is 0 Å². The van der Waals surface area contributed by atoms with Gasteiger partial charge < -0.3 is 19.9 Å². The predicted molar refractivity (Wildman–Crippen MR) is 84.4 cm³/mol. The van der Waals surface area contributed by atoms with Crippen molar-refractivity contribution in [3.8, 4) is 0 Å². The lowest BCUT2D eigenvalue weighted by atomic mass is 10.2. The topological polar surface area (TPSA) is 84.9 Å². The lowest BCUT2D eigenvalue weighted by molar-refractivity contribution is -0.136. The zero-order valence-electron chi connectivity index (χ0n) is 12.7. The maximum atomic E-state index is 12.2. The summed E-state index contributed by atoms with van der Waals surface area (Å²) in [6.07, 6.45) is 0. The fourth-order valence-electron chi connectivity index (χ4n) is 1.57. The van der Waals surface area contributed by atoms with Crippen LogP contribution in [0.25, 0.3) is 0 Å². The van der Waals surface area contributed by atoms with E-state index < -0.39 is 11.2 Å². The van der Waals surface area contributed by atoms with Crippen molar-refractivity contribution in [2.75, 3.05) is 33.5 Å². The van der Waals surface area contributed by atoms with Crippen LogP contribution in [-0.4, -0.2) is 55.7 Å². The van der Waals surface area contributed by atoms with E-state index in [1.54, 1.807) is 38.3 Å². The zero-order chi connectivity index (χ0) is 16.4. The van der Waals surface area contributed by atoms with Crippen molar-refractivity contribution in [2.24, 2.45) is 0 Å². The first-order chi connectivity index (χ1) is 10.6. The molecule has 1 aromatic rings. The summed E-state index contributed by atoms with van der Waals surface area (Å²) >= 11 is 1.15. The molecule has 0 saturated carbocycles. The van der Waals surface area contributed by atoms with Gasteiger partial charge in [-0.1, -0.05) is 12.1 Å². The summed E-state index contributed by atoms with van der Waals surface area (Å²) in [6, 6.07) is 6.95. The van der Waals surface area contributed by atoms with Gasteiger partial charge in [-0.25, -0.2) is 0 Å². The third-order valence-electron chi connectivity index (χ3n) is 2.75. The second-order valence-electron chi connectivity index (χ2n) is 4.46. The molecule has 0 aliphatic carbocycles. The first kappa shape index (κ1) is 18.5. The summed E-state index contributed by atoms with van der Waals surface area (Å²) < 4.78 is 10.1. The van der Waals surface area contributed by atoms with Crippen molar-refractivity contribution >= 4 is 23.6 Å². The molecule has 0 spiro atoms. The summed E-state index contributed by atoms with van der Waals surface area (Å²) in [5.41, 5.74) is 0.470. The van der Waals surface area contributed by atoms with Gasteiger partial charge in [-0.2, -0.15) is 0 Å². The van der Waals surface area contributed by atoms with Crippen LogP contribution in [0.3, 0.4) is 0 Å². The average Bonchev–Trinajstić information content (AvgIpc) is 2.51. The summed E-state index contributed by atoms with van der Waals surface area (Å²) in [4.78, 5) is 23.7. The van der Waals surface area contributed by atoms with Crippen LogP contribution < -0.4 is 5.32 Å². The third kappa shape index (κ3) is 6.46. The summed E-state index contributed by atoms with van der Waals surface area (Å²) in [7, 11) is 1.60. The van der Waals surface area contributed by atoms with E-state index in [0.717, 1.165) is 11.8 Å². The number of amides is 1. The molecule has 1 amide bonds. The highest BCUT2D eigenvalue weighted by molar-refractivity contribution is 8.00. The van der Waals surface area contributed by atoms with Crippen LogP contribution in [0.2, 0.25) is 0 Å². The van der Waals surface area contributed by atoms with E-state index in [1.165, 1.54) is 0 Å². The van der Waals surface area contributed by atoms with Crippen molar-refractivity contribution in [3.05, 3.63) is 29.8 Å². The maximum Gasteiger partial charge on any atom is 0.316 e. The van der Waals surface area contributed by atoms with E-state index in [4.69, 9.17) is 14.6 Å². The Labute approximate surface area is 134 Å². The predicted octanol–water partition coefficient (Wildman–Crippen LogP) is 1.64. The van der Waals surface area contributed by atoms with Crippen molar-refractivity contribution in [1.29, 1.82) is 0 Å². The lowest BCUT2D eigenvalue weighted by Crippen LogP contribution is -2.28. The van der Waals surface area contributed by atoms with E-state index in [9.17, 15) is 9.59 Å². The molecule has 0 saturated heterocycles.